The van der Waals surface area contributed by atoms with Crippen LogP contribution in [0.2, 0.25) is 0 Å². The van der Waals surface area contributed by atoms with Crippen LogP contribution in [0.5, 0.6) is 0 Å². The summed E-state index contributed by atoms with van der Waals surface area (Å²) in [6, 6.07) is 0. The Kier molecular flexibility index (Phi) is 113. The van der Waals surface area contributed by atoms with Crippen molar-refractivity contribution in [1.82, 2.24) is 0 Å². The van der Waals surface area contributed by atoms with E-state index in [2.05, 4.69) is 25.3 Å². The Morgan fingerprint density at radius 3 is 1.11 bits per heavy atom. The molecule has 0 fully saturated rings. The van der Waals surface area contributed by atoms with Crippen LogP contribution in [0.4, 0.5) is 0 Å². The van der Waals surface area contributed by atoms with E-state index in [4.69, 9.17) is 9.59 Å². The monoisotopic (exact) mass is 134 g/mol. The van der Waals surface area contributed by atoms with Crippen LogP contribution in [-0.2, 0) is 9.59 Å². The van der Waals surface area contributed by atoms with E-state index in [0.717, 1.165) is 0 Å². The molecule has 0 aromatic carbocycles. The number of amides is 2. The van der Waals surface area contributed by atoms with Crippen LogP contribution < -0.4 is 11.5 Å². The predicted molar refractivity (Wildman–Crippen MR) is 36.5 cm³/mol. The third-order valence-electron chi connectivity index (χ3n) is 0. The topological polar surface area (TPSA) is 86.2 Å². The van der Waals surface area contributed by atoms with Crippen molar-refractivity contribution in [3.63, 3.8) is 0 Å². The van der Waals surface area contributed by atoms with Crippen LogP contribution in [-0.4, -0.2) is 12.8 Å². The van der Waals surface area contributed by atoms with E-state index in [9.17, 15) is 0 Å². The predicted octanol–water partition coefficient (Wildman–Crippen LogP) is -0.381. The minimum absolute atomic E-state index is 0.250. The summed E-state index contributed by atoms with van der Waals surface area (Å²) in [6.07, 6.45) is 1.75. The summed E-state index contributed by atoms with van der Waals surface area (Å²) in [6.45, 7) is 4.25. The summed E-state index contributed by atoms with van der Waals surface area (Å²) in [5.74, 6) is 0. The number of rotatable bonds is 0. The number of carbonyl (C=O) groups is 2. The molecule has 0 radical (unpaired) electrons. The molecule has 9 heavy (non-hydrogen) atoms. The molecule has 4 heteroatoms. The molecular formula is C5H14N2O2. The van der Waals surface area contributed by atoms with Crippen molar-refractivity contribution >= 4 is 12.8 Å². The first-order valence-electron chi connectivity index (χ1n) is 2.55. The Labute approximate surface area is 55.2 Å². The van der Waals surface area contributed by atoms with Crippen LogP contribution in [0.15, 0.2) is 0 Å². The second kappa shape index (κ2) is 65.1. The van der Waals surface area contributed by atoms with Gasteiger partial charge in [-0.3, -0.25) is 9.59 Å². The standard InChI is InChI=1S/C3H8.2CH3NO/c1-3-2;2*2-1-3/h3H2,1-2H3;2*1H,(H2,2,3). The lowest BCUT2D eigenvalue weighted by atomic mass is 10.6. The van der Waals surface area contributed by atoms with E-state index >= 15 is 0 Å². The normalized spacial score (nSPS) is 4.67. The van der Waals surface area contributed by atoms with Crippen molar-refractivity contribution in [2.45, 2.75) is 20.3 Å². The minimum atomic E-state index is 0.250. The van der Waals surface area contributed by atoms with Gasteiger partial charge in [-0.1, -0.05) is 20.3 Å². The van der Waals surface area contributed by atoms with Crippen molar-refractivity contribution in [1.29, 1.82) is 0 Å². The average Bonchev–Trinajstić information content (AvgIpc) is 1.70. The fourth-order valence-corrected chi connectivity index (χ4v) is 0. The number of hydrogen-bond acceptors (Lipinski definition) is 2. The minimum Gasteiger partial charge on any atom is -0.372 e. The van der Waals surface area contributed by atoms with Gasteiger partial charge in [-0.15, -0.1) is 0 Å². The molecule has 0 unspecified atom stereocenters. The van der Waals surface area contributed by atoms with E-state index in [1.54, 1.807) is 0 Å². The SMILES string of the molecule is CCC.NC=O.NC=O. The molecule has 0 rings (SSSR count). The van der Waals surface area contributed by atoms with Gasteiger partial charge in [0.1, 0.15) is 0 Å². The molecule has 0 aliphatic carbocycles. The van der Waals surface area contributed by atoms with Crippen LogP contribution in [0, 0.1) is 0 Å². The van der Waals surface area contributed by atoms with E-state index in [-0.39, 0.29) is 12.8 Å². The number of primary amides is 2. The molecule has 0 aromatic heterocycles. The molecule has 56 valence electrons. The summed E-state index contributed by atoms with van der Waals surface area (Å²) in [5.41, 5.74) is 8.33. The summed E-state index contributed by atoms with van der Waals surface area (Å²) in [7, 11) is 0. The molecule has 0 aliphatic heterocycles. The molecule has 0 spiro atoms. The van der Waals surface area contributed by atoms with Gasteiger partial charge in [-0.25, -0.2) is 0 Å². The summed E-state index contributed by atoms with van der Waals surface area (Å²) in [5, 5.41) is 0. The second-order valence-corrected chi connectivity index (χ2v) is 0.979. The summed E-state index contributed by atoms with van der Waals surface area (Å²) >= 11 is 0. The maximum atomic E-state index is 8.58. The highest BCUT2D eigenvalue weighted by atomic mass is 16.1. The zero-order valence-corrected chi connectivity index (χ0v) is 5.83. The van der Waals surface area contributed by atoms with Gasteiger partial charge >= 0.3 is 0 Å². The van der Waals surface area contributed by atoms with Gasteiger partial charge in [0.25, 0.3) is 0 Å². The second-order valence-electron chi connectivity index (χ2n) is 0.979. The van der Waals surface area contributed by atoms with E-state index in [0.29, 0.717) is 0 Å². The molecule has 2 amide bonds. The Morgan fingerprint density at radius 1 is 1.11 bits per heavy atom. The van der Waals surface area contributed by atoms with Crippen LogP contribution >= 0.6 is 0 Å². The van der Waals surface area contributed by atoms with Crippen LogP contribution in [0.25, 0.3) is 0 Å². The molecule has 4 nitrogen and oxygen atoms in total. The van der Waals surface area contributed by atoms with Crippen molar-refractivity contribution in [3.05, 3.63) is 0 Å². The first-order chi connectivity index (χ1) is 4.24. The summed E-state index contributed by atoms with van der Waals surface area (Å²) in [4.78, 5) is 17.2. The lowest BCUT2D eigenvalue weighted by molar-refractivity contribution is -0.107. The molecule has 0 saturated carbocycles. The van der Waals surface area contributed by atoms with Gasteiger partial charge in [0.2, 0.25) is 12.8 Å². The molecular weight excluding hydrogens is 120 g/mol. The van der Waals surface area contributed by atoms with Gasteiger partial charge < -0.3 is 11.5 Å². The van der Waals surface area contributed by atoms with E-state index in [1.807, 2.05) is 0 Å². The fourth-order valence-electron chi connectivity index (χ4n) is 0. The molecule has 0 heterocycles. The zero-order chi connectivity index (χ0) is 8.12. The molecule has 0 saturated heterocycles. The highest BCUT2D eigenvalue weighted by Crippen LogP contribution is 1.56. The van der Waals surface area contributed by atoms with Crippen molar-refractivity contribution < 1.29 is 9.59 Å². The zero-order valence-electron chi connectivity index (χ0n) is 5.83. The first kappa shape index (κ1) is 15.7. The third kappa shape index (κ3) is 151. The summed E-state index contributed by atoms with van der Waals surface area (Å²) < 4.78 is 0. The Balaban J connectivity index is -0.0000000600. The smallest absolute Gasteiger partial charge is 0.204 e. The highest BCUT2D eigenvalue weighted by molar-refractivity contribution is 5.42. The lowest BCUT2D eigenvalue weighted by Gasteiger charge is -1.48. The van der Waals surface area contributed by atoms with Crippen LogP contribution in [0.3, 0.4) is 0 Å². The average molecular weight is 134 g/mol. The van der Waals surface area contributed by atoms with Crippen molar-refractivity contribution in [2.24, 2.45) is 11.5 Å². The molecule has 0 atom stereocenters. The van der Waals surface area contributed by atoms with Gasteiger partial charge in [-0.05, 0) is 0 Å². The Morgan fingerprint density at radius 2 is 1.11 bits per heavy atom. The fraction of sp³-hybridized carbons (Fsp3) is 0.600. The van der Waals surface area contributed by atoms with Crippen molar-refractivity contribution in [3.8, 4) is 0 Å². The van der Waals surface area contributed by atoms with Crippen LogP contribution in [0.1, 0.15) is 20.3 Å². The van der Waals surface area contributed by atoms with Gasteiger partial charge in [0.15, 0.2) is 0 Å². The maximum Gasteiger partial charge on any atom is 0.204 e. The first-order valence-corrected chi connectivity index (χ1v) is 2.55. The number of carbonyl (C=O) groups excluding carboxylic acids is 2. The molecule has 4 N–H and O–H groups in total. The third-order valence-corrected chi connectivity index (χ3v) is 0. The molecule has 0 aliphatic rings. The molecule has 0 aromatic rings. The van der Waals surface area contributed by atoms with Gasteiger partial charge in [0.05, 0.1) is 0 Å². The highest BCUT2D eigenvalue weighted by Gasteiger charge is 1.35. The Hall–Kier alpha value is -1.06. The van der Waals surface area contributed by atoms with E-state index in [1.165, 1.54) is 6.42 Å². The number of hydrogen-bond donors (Lipinski definition) is 2. The molecule has 0 bridgehead atoms. The quantitative estimate of drug-likeness (QED) is 0.442. The Bertz CT molecular complexity index is 42.2. The van der Waals surface area contributed by atoms with E-state index < -0.39 is 0 Å². The maximum absolute atomic E-state index is 8.58. The van der Waals surface area contributed by atoms with Gasteiger partial charge in [-0.2, -0.15) is 0 Å². The van der Waals surface area contributed by atoms with Crippen molar-refractivity contribution in [2.75, 3.05) is 0 Å². The largest absolute Gasteiger partial charge is 0.372 e. The van der Waals surface area contributed by atoms with Gasteiger partial charge in [0, 0.05) is 0 Å². The lowest BCUT2D eigenvalue weighted by Crippen LogP contribution is -1.82. The number of nitrogens with two attached hydrogens (primary N) is 2.